The number of rotatable bonds is 1. The number of nitrogens with zero attached hydrogens (tertiary/aromatic N) is 2. The number of ether oxygens (including phenoxy) is 1. The van der Waals surface area contributed by atoms with Crippen molar-refractivity contribution in [3.8, 4) is 17.1 Å². The van der Waals surface area contributed by atoms with E-state index in [9.17, 15) is 0 Å². The van der Waals surface area contributed by atoms with Gasteiger partial charge in [0.15, 0.2) is 5.82 Å². The summed E-state index contributed by atoms with van der Waals surface area (Å²) in [5.74, 6) is 2.06. The van der Waals surface area contributed by atoms with Crippen molar-refractivity contribution < 1.29 is 4.74 Å². The monoisotopic (exact) mass is 269 g/mol. The van der Waals surface area contributed by atoms with E-state index >= 15 is 0 Å². The normalized spacial score (nSPS) is 15.8. The van der Waals surface area contributed by atoms with Crippen molar-refractivity contribution in [2.45, 2.75) is 39.7 Å². The van der Waals surface area contributed by atoms with E-state index in [0.29, 0.717) is 11.6 Å². The lowest BCUT2D eigenvalue weighted by Gasteiger charge is -2.18. The van der Waals surface area contributed by atoms with Crippen LogP contribution in [0.4, 0.5) is 5.82 Å². The molecule has 0 radical (unpaired) electrons. The smallest absolute Gasteiger partial charge is 0.165 e. The maximum Gasteiger partial charge on any atom is 0.165 e. The SMILES string of the molecule is Cc1nc(-c2cccc3c2OC(C)(C)C3)nc(N)c1C. The first kappa shape index (κ1) is 12.9. The van der Waals surface area contributed by atoms with Crippen LogP contribution in [0.1, 0.15) is 30.7 Å². The number of aryl methyl sites for hydroxylation is 1. The summed E-state index contributed by atoms with van der Waals surface area (Å²) in [6.45, 7) is 8.06. The molecule has 3 rings (SSSR count). The molecule has 0 saturated heterocycles. The van der Waals surface area contributed by atoms with Crippen molar-refractivity contribution in [2.24, 2.45) is 0 Å². The van der Waals surface area contributed by atoms with E-state index in [1.54, 1.807) is 0 Å². The van der Waals surface area contributed by atoms with E-state index in [4.69, 9.17) is 10.5 Å². The molecule has 1 aliphatic rings. The number of benzene rings is 1. The van der Waals surface area contributed by atoms with Gasteiger partial charge in [-0.1, -0.05) is 12.1 Å². The molecule has 4 heteroatoms. The van der Waals surface area contributed by atoms with Crippen molar-refractivity contribution in [1.29, 1.82) is 0 Å². The van der Waals surface area contributed by atoms with Crippen LogP contribution in [0.5, 0.6) is 5.75 Å². The molecular weight excluding hydrogens is 250 g/mol. The lowest BCUT2D eigenvalue weighted by Crippen LogP contribution is -2.24. The van der Waals surface area contributed by atoms with E-state index in [0.717, 1.165) is 29.0 Å². The number of fused-ring (bicyclic) bond motifs is 1. The fourth-order valence-corrected chi connectivity index (χ4v) is 2.56. The quantitative estimate of drug-likeness (QED) is 0.864. The zero-order valence-corrected chi connectivity index (χ0v) is 12.3. The predicted molar refractivity (Wildman–Crippen MR) is 79.8 cm³/mol. The molecule has 2 N–H and O–H groups in total. The highest BCUT2D eigenvalue weighted by Gasteiger charge is 2.32. The highest BCUT2D eigenvalue weighted by atomic mass is 16.5. The number of aromatic nitrogens is 2. The number of nitrogen functional groups attached to an aromatic ring is 1. The molecule has 1 aromatic carbocycles. The third-order valence-electron chi connectivity index (χ3n) is 3.76. The Morgan fingerprint density at radius 3 is 2.65 bits per heavy atom. The molecule has 20 heavy (non-hydrogen) atoms. The number of hydrogen-bond acceptors (Lipinski definition) is 4. The van der Waals surface area contributed by atoms with Gasteiger partial charge in [-0.2, -0.15) is 0 Å². The molecule has 1 aliphatic heterocycles. The summed E-state index contributed by atoms with van der Waals surface area (Å²) in [5, 5.41) is 0. The van der Waals surface area contributed by atoms with Crippen LogP contribution >= 0.6 is 0 Å². The zero-order valence-electron chi connectivity index (χ0n) is 12.3. The van der Waals surface area contributed by atoms with Gasteiger partial charge < -0.3 is 10.5 Å². The highest BCUT2D eigenvalue weighted by molar-refractivity contribution is 5.69. The van der Waals surface area contributed by atoms with Crippen LogP contribution in [-0.2, 0) is 6.42 Å². The van der Waals surface area contributed by atoms with Gasteiger partial charge in [0, 0.05) is 17.7 Å². The third-order valence-corrected chi connectivity index (χ3v) is 3.76. The van der Waals surface area contributed by atoms with Gasteiger partial charge in [0.2, 0.25) is 0 Å². The summed E-state index contributed by atoms with van der Waals surface area (Å²) in [4.78, 5) is 8.97. The Morgan fingerprint density at radius 2 is 1.95 bits per heavy atom. The van der Waals surface area contributed by atoms with Gasteiger partial charge in [0.25, 0.3) is 0 Å². The Kier molecular flexibility index (Phi) is 2.71. The Balaban J connectivity index is 2.16. The van der Waals surface area contributed by atoms with Gasteiger partial charge in [-0.3, -0.25) is 0 Å². The summed E-state index contributed by atoms with van der Waals surface area (Å²) in [7, 11) is 0. The fraction of sp³-hybridized carbons (Fsp3) is 0.375. The van der Waals surface area contributed by atoms with Crippen molar-refractivity contribution in [3.63, 3.8) is 0 Å². The Morgan fingerprint density at radius 1 is 1.20 bits per heavy atom. The van der Waals surface area contributed by atoms with E-state index in [1.807, 2.05) is 26.0 Å². The summed E-state index contributed by atoms with van der Waals surface area (Å²) in [5.41, 5.74) is 9.75. The van der Waals surface area contributed by atoms with Crippen LogP contribution < -0.4 is 10.5 Å². The van der Waals surface area contributed by atoms with Crippen molar-refractivity contribution in [2.75, 3.05) is 5.73 Å². The molecule has 1 aromatic heterocycles. The summed E-state index contributed by atoms with van der Waals surface area (Å²) < 4.78 is 6.07. The predicted octanol–water partition coefficient (Wildman–Crippen LogP) is 3.06. The molecule has 2 heterocycles. The van der Waals surface area contributed by atoms with E-state index in [2.05, 4.69) is 29.9 Å². The van der Waals surface area contributed by atoms with Crippen LogP contribution in [0, 0.1) is 13.8 Å². The minimum Gasteiger partial charge on any atom is -0.486 e. The molecule has 0 aliphatic carbocycles. The Hall–Kier alpha value is -2.10. The lowest BCUT2D eigenvalue weighted by atomic mass is 10.0. The molecule has 0 atom stereocenters. The van der Waals surface area contributed by atoms with Crippen LogP contribution in [0.15, 0.2) is 18.2 Å². The first-order valence-electron chi connectivity index (χ1n) is 6.79. The minimum absolute atomic E-state index is 0.177. The van der Waals surface area contributed by atoms with Gasteiger partial charge >= 0.3 is 0 Å². The van der Waals surface area contributed by atoms with Crippen molar-refractivity contribution >= 4 is 5.82 Å². The average molecular weight is 269 g/mol. The van der Waals surface area contributed by atoms with Gasteiger partial charge in [-0.05, 0) is 39.3 Å². The second-order valence-corrected chi connectivity index (χ2v) is 5.98. The molecule has 4 nitrogen and oxygen atoms in total. The van der Waals surface area contributed by atoms with E-state index < -0.39 is 0 Å². The first-order chi connectivity index (χ1) is 9.37. The summed E-state index contributed by atoms with van der Waals surface area (Å²) in [6, 6.07) is 6.11. The number of nitrogens with two attached hydrogens (primary N) is 1. The van der Waals surface area contributed by atoms with E-state index in [1.165, 1.54) is 5.56 Å². The second kappa shape index (κ2) is 4.20. The van der Waals surface area contributed by atoms with Gasteiger partial charge in [-0.25, -0.2) is 9.97 Å². The Labute approximate surface area is 119 Å². The van der Waals surface area contributed by atoms with Crippen LogP contribution in [0.25, 0.3) is 11.4 Å². The van der Waals surface area contributed by atoms with Crippen molar-refractivity contribution in [3.05, 3.63) is 35.0 Å². The standard InChI is InChI=1S/C16H19N3O/c1-9-10(2)18-15(19-14(9)17)12-7-5-6-11-8-16(3,4)20-13(11)12/h5-7H,8H2,1-4H3,(H2,17,18,19). The minimum atomic E-state index is -0.177. The van der Waals surface area contributed by atoms with Gasteiger partial charge in [-0.15, -0.1) is 0 Å². The van der Waals surface area contributed by atoms with Crippen LogP contribution in [0.2, 0.25) is 0 Å². The molecular formula is C16H19N3O. The maximum absolute atomic E-state index is 6.07. The Bertz CT molecular complexity index is 669. The molecule has 0 saturated carbocycles. The second-order valence-electron chi connectivity index (χ2n) is 5.98. The van der Waals surface area contributed by atoms with Crippen molar-refractivity contribution in [1.82, 2.24) is 9.97 Å². The molecule has 0 spiro atoms. The number of hydrogen-bond donors (Lipinski definition) is 1. The molecule has 2 aromatic rings. The third kappa shape index (κ3) is 2.01. The summed E-state index contributed by atoms with van der Waals surface area (Å²) in [6.07, 6.45) is 0.899. The maximum atomic E-state index is 6.07. The zero-order chi connectivity index (χ0) is 14.5. The average Bonchev–Trinajstić information content (AvgIpc) is 2.68. The lowest BCUT2D eigenvalue weighted by molar-refractivity contribution is 0.139. The molecule has 104 valence electrons. The van der Waals surface area contributed by atoms with Crippen LogP contribution in [-0.4, -0.2) is 15.6 Å². The topological polar surface area (TPSA) is 61.0 Å². The molecule has 0 fully saturated rings. The highest BCUT2D eigenvalue weighted by Crippen LogP contribution is 2.41. The summed E-state index contributed by atoms with van der Waals surface area (Å²) >= 11 is 0. The molecule has 0 amide bonds. The number of para-hydroxylation sites is 1. The molecule has 0 unspecified atom stereocenters. The first-order valence-corrected chi connectivity index (χ1v) is 6.79. The largest absolute Gasteiger partial charge is 0.486 e. The van der Waals surface area contributed by atoms with Gasteiger partial charge in [0.05, 0.1) is 5.56 Å². The molecule has 0 bridgehead atoms. The fourth-order valence-electron chi connectivity index (χ4n) is 2.56. The van der Waals surface area contributed by atoms with Gasteiger partial charge in [0.1, 0.15) is 17.2 Å². The van der Waals surface area contributed by atoms with Crippen LogP contribution in [0.3, 0.4) is 0 Å². The number of anilines is 1. The van der Waals surface area contributed by atoms with E-state index in [-0.39, 0.29) is 5.60 Å².